The Morgan fingerprint density at radius 1 is 1.35 bits per heavy atom. The molecule has 2 aromatic heterocycles. The van der Waals surface area contributed by atoms with Gasteiger partial charge in [-0.1, -0.05) is 0 Å². The zero-order chi connectivity index (χ0) is 17.4. The third-order valence-electron chi connectivity index (χ3n) is 3.41. The SMILES string of the molecule is COC(=O)c1ccc(Cn2nc(C)c(S(=O)(=O)N(C)C)c2C)o1. The highest BCUT2D eigenvalue weighted by Crippen LogP contribution is 2.23. The fourth-order valence-corrected chi connectivity index (χ4v) is 3.47. The molecular formula is C14H19N3O5S. The van der Waals surface area contributed by atoms with Gasteiger partial charge in [-0.05, 0) is 26.0 Å². The molecule has 0 aromatic carbocycles. The quantitative estimate of drug-likeness (QED) is 0.758. The topological polar surface area (TPSA) is 94.6 Å². The summed E-state index contributed by atoms with van der Waals surface area (Å²) in [5, 5.41) is 4.26. The fraction of sp³-hybridized carbons (Fsp3) is 0.429. The Hall–Kier alpha value is -2.13. The number of aromatic nitrogens is 2. The second kappa shape index (κ2) is 6.17. The maximum Gasteiger partial charge on any atom is 0.373 e. The summed E-state index contributed by atoms with van der Waals surface area (Å²) >= 11 is 0. The summed E-state index contributed by atoms with van der Waals surface area (Å²) < 4.78 is 37.4. The Bertz CT molecular complexity index is 833. The van der Waals surface area contributed by atoms with Gasteiger partial charge in [-0.2, -0.15) is 5.10 Å². The van der Waals surface area contributed by atoms with E-state index in [1.807, 2.05) is 0 Å². The van der Waals surface area contributed by atoms with Crippen molar-refractivity contribution in [3.8, 4) is 0 Å². The van der Waals surface area contributed by atoms with Crippen molar-refractivity contribution in [3.63, 3.8) is 0 Å². The lowest BCUT2D eigenvalue weighted by Crippen LogP contribution is -2.23. The molecule has 2 rings (SSSR count). The van der Waals surface area contributed by atoms with Crippen LogP contribution in [0.4, 0.5) is 0 Å². The van der Waals surface area contributed by atoms with E-state index in [0.29, 0.717) is 17.1 Å². The molecule has 23 heavy (non-hydrogen) atoms. The zero-order valence-corrected chi connectivity index (χ0v) is 14.5. The number of carbonyl (C=O) groups excluding carboxylic acids is 1. The molecule has 0 aliphatic heterocycles. The van der Waals surface area contributed by atoms with Crippen LogP contribution in [0.15, 0.2) is 21.4 Å². The highest BCUT2D eigenvalue weighted by Gasteiger charge is 2.27. The third-order valence-corrected chi connectivity index (χ3v) is 5.48. The van der Waals surface area contributed by atoms with Crippen LogP contribution in [0.25, 0.3) is 0 Å². The molecular weight excluding hydrogens is 322 g/mol. The van der Waals surface area contributed by atoms with Gasteiger partial charge in [-0.15, -0.1) is 0 Å². The first-order valence-electron chi connectivity index (χ1n) is 6.82. The molecule has 0 bridgehead atoms. The van der Waals surface area contributed by atoms with Crippen molar-refractivity contribution in [2.75, 3.05) is 21.2 Å². The summed E-state index contributed by atoms with van der Waals surface area (Å²) in [6, 6.07) is 3.13. The van der Waals surface area contributed by atoms with Crippen LogP contribution in [-0.4, -0.2) is 49.7 Å². The Balaban J connectivity index is 2.36. The zero-order valence-electron chi connectivity index (χ0n) is 13.7. The number of hydrogen-bond acceptors (Lipinski definition) is 6. The minimum absolute atomic E-state index is 0.0881. The lowest BCUT2D eigenvalue weighted by molar-refractivity contribution is 0.0562. The number of furan rings is 1. The maximum absolute atomic E-state index is 12.4. The molecule has 0 atom stereocenters. The first-order chi connectivity index (χ1) is 10.7. The van der Waals surface area contributed by atoms with E-state index in [4.69, 9.17) is 4.42 Å². The van der Waals surface area contributed by atoms with Crippen LogP contribution in [0.1, 0.15) is 27.7 Å². The van der Waals surface area contributed by atoms with E-state index in [1.165, 1.54) is 32.0 Å². The van der Waals surface area contributed by atoms with Gasteiger partial charge in [0.05, 0.1) is 25.0 Å². The third kappa shape index (κ3) is 3.15. The van der Waals surface area contributed by atoms with Crippen LogP contribution < -0.4 is 0 Å². The summed E-state index contributed by atoms with van der Waals surface area (Å²) in [7, 11) is 0.637. The van der Waals surface area contributed by atoms with Gasteiger partial charge >= 0.3 is 5.97 Å². The van der Waals surface area contributed by atoms with E-state index in [9.17, 15) is 13.2 Å². The molecule has 0 fully saturated rings. The average Bonchev–Trinajstić information content (AvgIpc) is 3.04. The lowest BCUT2D eigenvalue weighted by Gasteiger charge is -2.11. The van der Waals surface area contributed by atoms with E-state index in [0.717, 1.165) is 4.31 Å². The molecule has 0 amide bonds. The van der Waals surface area contributed by atoms with Crippen LogP contribution in [0.2, 0.25) is 0 Å². The first-order valence-corrected chi connectivity index (χ1v) is 8.26. The van der Waals surface area contributed by atoms with E-state index in [-0.39, 0.29) is 17.2 Å². The van der Waals surface area contributed by atoms with Crippen molar-refractivity contribution in [3.05, 3.63) is 35.0 Å². The van der Waals surface area contributed by atoms with E-state index in [2.05, 4.69) is 9.84 Å². The molecule has 8 nitrogen and oxygen atoms in total. The summed E-state index contributed by atoms with van der Waals surface area (Å²) in [4.78, 5) is 11.6. The van der Waals surface area contributed by atoms with Gasteiger partial charge in [0.2, 0.25) is 15.8 Å². The second-order valence-corrected chi connectivity index (χ2v) is 7.29. The number of sulfonamides is 1. The number of methoxy groups -OCH3 is 1. The van der Waals surface area contributed by atoms with E-state index in [1.54, 1.807) is 19.9 Å². The van der Waals surface area contributed by atoms with Gasteiger partial charge < -0.3 is 9.15 Å². The average molecular weight is 341 g/mol. The van der Waals surface area contributed by atoms with Crippen molar-refractivity contribution in [1.82, 2.24) is 14.1 Å². The van der Waals surface area contributed by atoms with Crippen molar-refractivity contribution >= 4 is 16.0 Å². The summed E-state index contributed by atoms with van der Waals surface area (Å²) in [6.07, 6.45) is 0. The second-order valence-electron chi connectivity index (χ2n) is 5.20. The molecule has 126 valence electrons. The van der Waals surface area contributed by atoms with Gasteiger partial charge in [0, 0.05) is 14.1 Å². The monoisotopic (exact) mass is 341 g/mol. The largest absolute Gasteiger partial charge is 0.463 e. The number of carbonyl (C=O) groups is 1. The highest BCUT2D eigenvalue weighted by molar-refractivity contribution is 7.89. The Kier molecular flexibility index (Phi) is 4.62. The van der Waals surface area contributed by atoms with Crippen molar-refractivity contribution in [2.24, 2.45) is 0 Å². The molecule has 9 heteroatoms. The number of rotatable bonds is 5. The normalized spacial score (nSPS) is 11.9. The maximum atomic E-state index is 12.4. The predicted molar refractivity (Wildman–Crippen MR) is 81.7 cm³/mol. The Morgan fingerprint density at radius 3 is 2.57 bits per heavy atom. The van der Waals surface area contributed by atoms with Crippen molar-refractivity contribution in [2.45, 2.75) is 25.3 Å². The molecule has 0 unspecified atom stereocenters. The van der Waals surface area contributed by atoms with Crippen molar-refractivity contribution < 1.29 is 22.4 Å². The molecule has 0 aliphatic rings. The number of hydrogen-bond donors (Lipinski definition) is 0. The number of nitrogens with zero attached hydrogens (tertiary/aromatic N) is 3. The summed E-state index contributed by atoms with van der Waals surface area (Å²) in [5.41, 5.74) is 0.920. The lowest BCUT2D eigenvalue weighted by atomic mass is 10.4. The van der Waals surface area contributed by atoms with Gasteiger partial charge in [0.25, 0.3) is 0 Å². The smallest absolute Gasteiger partial charge is 0.373 e. The Morgan fingerprint density at radius 2 is 2.00 bits per heavy atom. The van der Waals surface area contributed by atoms with Gasteiger partial charge in [0.1, 0.15) is 10.7 Å². The van der Waals surface area contributed by atoms with E-state index < -0.39 is 16.0 Å². The Labute approximate surface area is 134 Å². The van der Waals surface area contributed by atoms with E-state index >= 15 is 0 Å². The molecule has 0 saturated heterocycles. The summed E-state index contributed by atoms with van der Waals surface area (Å²) in [6.45, 7) is 3.54. The summed E-state index contributed by atoms with van der Waals surface area (Å²) in [5.74, 6) is -0.00420. The molecule has 0 spiro atoms. The van der Waals surface area contributed by atoms with Crippen molar-refractivity contribution in [1.29, 1.82) is 0 Å². The number of esters is 1. The molecule has 2 aromatic rings. The van der Waals surface area contributed by atoms with Crippen LogP contribution in [0.5, 0.6) is 0 Å². The van der Waals surface area contributed by atoms with Gasteiger partial charge in [-0.25, -0.2) is 17.5 Å². The van der Waals surface area contributed by atoms with Crippen LogP contribution in [0.3, 0.4) is 0 Å². The van der Waals surface area contributed by atoms with Crippen LogP contribution in [-0.2, 0) is 21.3 Å². The minimum Gasteiger partial charge on any atom is -0.463 e. The van der Waals surface area contributed by atoms with Crippen LogP contribution >= 0.6 is 0 Å². The number of ether oxygens (including phenoxy) is 1. The van der Waals surface area contributed by atoms with Crippen LogP contribution in [0, 0.1) is 13.8 Å². The molecule has 0 N–H and O–H groups in total. The molecule has 0 aliphatic carbocycles. The standard InChI is InChI=1S/C14H19N3O5S/c1-9-13(23(19,20)16(3)4)10(2)17(15-9)8-11-6-7-12(22-11)14(18)21-5/h6-7H,8H2,1-5H3. The van der Waals surface area contributed by atoms with Gasteiger partial charge in [0.15, 0.2) is 0 Å². The molecule has 0 radical (unpaired) electrons. The fourth-order valence-electron chi connectivity index (χ4n) is 2.21. The number of aryl methyl sites for hydroxylation is 1. The highest BCUT2D eigenvalue weighted by atomic mass is 32.2. The first kappa shape index (κ1) is 17.2. The molecule has 2 heterocycles. The minimum atomic E-state index is -3.58. The predicted octanol–water partition coefficient (Wildman–Crippen LogP) is 1.18. The molecule has 0 saturated carbocycles. The van der Waals surface area contributed by atoms with Gasteiger partial charge in [-0.3, -0.25) is 4.68 Å².